The van der Waals surface area contributed by atoms with Crippen LogP contribution in [0.4, 0.5) is 5.69 Å². The maximum Gasteiger partial charge on any atom is 0.240 e. The van der Waals surface area contributed by atoms with Crippen LogP contribution in [0.2, 0.25) is 0 Å². The quantitative estimate of drug-likeness (QED) is 0.810. The molecule has 126 valence electrons. The summed E-state index contributed by atoms with van der Waals surface area (Å²) in [5.74, 6) is -0.112. The van der Waals surface area contributed by atoms with Crippen molar-refractivity contribution in [2.45, 2.75) is 31.2 Å². The number of aromatic nitrogens is 1. The molecule has 24 heavy (non-hydrogen) atoms. The van der Waals surface area contributed by atoms with Gasteiger partial charge in [-0.2, -0.15) is 0 Å². The van der Waals surface area contributed by atoms with Gasteiger partial charge in [0.05, 0.1) is 22.8 Å². The van der Waals surface area contributed by atoms with E-state index >= 15 is 0 Å². The van der Waals surface area contributed by atoms with Crippen molar-refractivity contribution < 1.29 is 22.4 Å². The fourth-order valence-corrected chi connectivity index (χ4v) is 3.38. The Balaban J connectivity index is 1.74. The monoisotopic (exact) mass is 349 g/mol. The zero-order valence-electron chi connectivity index (χ0n) is 12.9. The molecule has 8 nitrogen and oxygen atoms in total. The number of carbonyl (C=O) groups is 2. The van der Waals surface area contributed by atoms with Gasteiger partial charge in [-0.1, -0.05) is 0 Å². The molecule has 1 aliphatic rings. The van der Waals surface area contributed by atoms with Crippen molar-refractivity contribution in [1.82, 2.24) is 9.71 Å². The lowest BCUT2D eigenvalue weighted by Gasteiger charge is -2.14. The second kappa shape index (κ2) is 6.17. The van der Waals surface area contributed by atoms with E-state index in [0.29, 0.717) is 17.3 Å². The van der Waals surface area contributed by atoms with Gasteiger partial charge in [-0.25, -0.2) is 18.1 Å². The smallest absolute Gasteiger partial charge is 0.240 e. The van der Waals surface area contributed by atoms with Crippen LogP contribution < -0.4 is 9.62 Å². The van der Waals surface area contributed by atoms with E-state index in [1.165, 1.54) is 30.5 Å². The average molecular weight is 349 g/mol. The molecule has 2 amide bonds. The summed E-state index contributed by atoms with van der Waals surface area (Å²) < 4.78 is 31.9. The van der Waals surface area contributed by atoms with Gasteiger partial charge >= 0.3 is 0 Å². The highest BCUT2D eigenvalue weighted by molar-refractivity contribution is 7.89. The van der Waals surface area contributed by atoms with Crippen LogP contribution in [0.3, 0.4) is 0 Å². The van der Waals surface area contributed by atoms with Crippen molar-refractivity contribution in [3.8, 4) is 0 Å². The van der Waals surface area contributed by atoms with E-state index in [1.807, 2.05) is 0 Å². The summed E-state index contributed by atoms with van der Waals surface area (Å²) in [6, 6.07) is 5.58. The van der Waals surface area contributed by atoms with Crippen LogP contribution in [0.1, 0.15) is 24.4 Å². The fourth-order valence-electron chi connectivity index (χ4n) is 2.38. The van der Waals surface area contributed by atoms with Crippen LogP contribution in [0.15, 0.2) is 39.8 Å². The number of benzene rings is 1. The molecular weight excluding hydrogens is 334 g/mol. The lowest BCUT2D eigenvalue weighted by molar-refractivity contribution is -0.121. The molecule has 0 radical (unpaired) electrons. The molecular formula is C15H15N3O5S. The Morgan fingerprint density at radius 1 is 1.17 bits per heavy atom. The first-order valence-electron chi connectivity index (χ1n) is 7.23. The van der Waals surface area contributed by atoms with E-state index in [1.54, 1.807) is 6.92 Å². The third-order valence-corrected chi connectivity index (χ3v) is 4.98. The SMILES string of the molecule is Cc1nc(CNS(=O)(=O)c2ccc(N3C(=O)CCC3=O)cc2)co1. The van der Waals surface area contributed by atoms with Gasteiger partial charge in [0.25, 0.3) is 0 Å². The lowest BCUT2D eigenvalue weighted by Crippen LogP contribution is -2.28. The normalized spacial score (nSPS) is 15.3. The highest BCUT2D eigenvalue weighted by Crippen LogP contribution is 2.24. The van der Waals surface area contributed by atoms with Crippen LogP contribution in [0.5, 0.6) is 0 Å². The zero-order chi connectivity index (χ0) is 17.3. The fraction of sp³-hybridized carbons (Fsp3) is 0.267. The Kier molecular flexibility index (Phi) is 4.20. The van der Waals surface area contributed by atoms with Gasteiger partial charge in [0.2, 0.25) is 21.8 Å². The van der Waals surface area contributed by atoms with Crippen molar-refractivity contribution in [1.29, 1.82) is 0 Å². The molecule has 1 aliphatic heterocycles. The summed E-state index contributed by atoms with van der Waals surface area (Å²) in [6.45, 7) is 1.67. The second-order valence-corrected chi connectivity index (χ2v) is 7.07. The van der Waals surface area contributed by atoms with E-state index in [-0.39, 0.29) is 36.1 Å². The van der Waals surface area contributed by atoms with Crippen LogP contribution in [-0.2, 0) is 26.2 Å². The minimum atomic E-state index is -3.74. The molecule has 1 aromatic carbocycles. The first kappa shape index (κ1) is 16.3. The van der Waals surface area contributed by atoms with Crippen LogP contribution in [0.25, 0.3) is 0 Å². The minimum absolute atomic E-state index is 0.00449. The lowest BCUT2D eigenvalue weighted by atomic mass is 10.3. The Bertz CT molecular complexity index is 870. The third-order valence-electron chi connectivity index (χ3n) is 3.57. The number of imide groups is 1. The summed E-state index contributed by atoms with van der Waals surface area (Å²) in [6.07, 6.45) is 1.74. The molecule has 1 fully saturated rings. The minimum Gasteiger partial charge on any atom is -0.449 e. The number of aryl methyl sites for hydroxylation is 1. The summed E-state index contributed by atoms with van der Waals surface area (Å²) in [7, 11) is -3.74. The highest BCUT2D eigenvalue weighted by Gasteiger charge is 2.30. The van der Waals surface area contributed by atoms with Gasteiger partial charge in [-0.05, 0) is 24.3 Å². The third kappa shape index (κ3) is 3.22. The molecule has 0 aliphatic carbocycles. The van der Waals surface area contributed by atoms with Crippen molar-refractivity contribution in [3.05, 3.63) is 42.1 Å². The molecule has 2 heterocycles. The van der Waals surface area contributed by atoms with Crippen molar-refractivity contribution in [2.75, 3.05) is 4.90 Å². The van der Waals surface area contributed by atoms with Crippen molar-refractivity contribution >= 4 is 27.5 Å². The van der Waals surface area contributed by atoms with Gasteiger partial charge in [0.1, 0.15) is 6.26 Å². The number of nitrogens with zero attached hydrogens (tertiary/aromatic N) is 2. The van der Waals surface area contributed by atoms with Gasteiger partial charge < -0.3 is 4.42 Å². The Labute approximate surface area is 138 Å². The summed E-state index contributed by atoms with van der Waals surface area (Å²) >= 11 is 0. The number of rotatable bonds is 5. The molecule has 1 saturated heterocycles. The molecule has 0 unspecified atom stereocenters. The molecule has 9 heteroatoms. The highest BCUT2D eigenvalue weighted by atomic mass is 32.2. The Morgan fingerprint density at radius 3 is 2.33 bits per heavy atom. The van der Waals surface area contributed by atoms with E-state index in [0.717, 1.165) is 4.90 Å². The Hall–Kier alpha value is -2.52. The van der Waals surface area contributed by atoms with E-state index in [9.17, 15) is 18.0 Å². The number of hydrogen-bond donors (Lipinski definition) is 1. The molecule has 3 rings (SSSR count). The van der Waals surface area contributed by atoms with Crippen molar-refractivity contribution in [3.63, 3.8) is 0 Å². The molecule has 0 saturated carbocycles. The largest absolute Gasteiger partial charge is 0.449 e. The number of amides is 2. The zero-order valence-corrected chi connectivity index (χ0v) is 13.7. The predicted molar refractivity (Wildman–Crippen MR) is 83.4 cm³/mol. The number of nitrogens with one attached hydrogen (secondary N) is 1. The summed E-state index contributed by atoms with van der Waals surface area (Å²) in [5.41, 5.74) is 0.842. The average Bonchev–Trinajstić information content (AvgIpc) is 3.11. The van der Waals surface area contributed by atoms with Crippen molar-refractivity contribution in [2.24, 2.45) is 0 Å². The second-order valence-electron chi connectivity index (χ2n) is 5.30. The van der Waals surface area contributed by atoms with Gasteiger partial charge in [0.15, 0.2) is 5.89 Å². The number of sulfonamides is 1. The van der Waals surface area contributed by atoms with E-state index in [2.05, 4.69) is 9.71 Å². The van der Waals surface area contributed by atoms with Crippen LogP contribution in [0, 0.1) is 6.92 Å². The molecule has 1 aromatic heterocycles. The first-order chi connectivity index (χ1) is 11.4. The molecule has 2 aromatic rings. The molecule has 0 bridgehead atoms. The number of oxazole rings is 1. The summed E-state index contributed by atoms with van der Waals surface area (Å²) in [4.78, 5) is 28.5. The maximum absolute atomic E-state index is 12.3. The van der Waals surface area contributed by atoms with Gasteiger partial charge in [-0.15, -0.1) is 0 Å². The first-order valence-corrected chi connectivity index (χ1v) is 8.72. The number of hydrogen-bond acceptors (Lipinski definition) is 6. The maximum atomic E-state index is 12.3. The van der Waals surface area contributed by atoms with Crippen LogP contribution in [-0.4, -0.2) is 25.2 Å². The molecule has 0 atom stereocenters. The predicted octanol–water partition coefficient (Wildman–Crippen LogP) is 1.11. The van der Waals surface area contributed by atoms with Gasteiger partial charge in [0, 0.05) is 19.8 Å². The van der Waals surface area contributed by atoms with Gasteiger partial charge in [-0.3, -0.25) is 14.5 Å². The van der Waals surface area contributed by atoms with E-state index < -0.39 is 10.0 Å². The van der Waals surface area contributed by atoms with Crippen LogP contribution >= 0.6 is 0 Å². The molecule has 0 spiro atoms. The Morgan fingerprint density at radius 2 is 1.79 bits per heavy atom. The number of carbonyl (C=O) groups excluding carboxylic acids is 2. The van der Waals surface area contributed by atoms with E-state index in [4.69, 9.17) is 4.42 Å². The standard InChI is InChI=1S/C15H15N3O5S/c1-10-17-11(9-23-10)8-16-24(21,22)13-4-2-12(3-5-13)18-14(19)6-7-15(18)20/h2-5,9,16H,6-8H2,1H3. The molecule has 1 N–H and O–H groups in total. The number of anilines is 1. The summed E-state index contributed by atoms with van der Waals surface area (Å²) in [5, 5.41) is 0. The topological polar surface area (TPSA) is 110 Å².